The van der Waals surface area contributed by atoms with Gasteiger partial charge in [0.2, 0.25) is 5.78 Å². The van der Waals surface area contributed by atoms with Crippen LogP contribution in [0.2, 0.25) is 0 Å². The molecule has 0 saturated carbocycles. The molecule has 2 rings (SSSR count). The second kappa shape index (κ2) is 8.98. The number of nitrogens with one attached hydrogen (secondary N) is 1. The average Bonchev–Trinajstić information content (AvgIpc) is 2.61. The molecule has 7 heteroatoms. The lowest BCUT2D eigenvalue weighted by Crippen LogP contribution is -2.51. The van der Waals surface area contributed by atoms with Crippen LogP contribution in [0.4, 0.5) is 8.78 Å². The number of carbonyl (C=O) groups excluding carboxylic acids is 1. The number of alkyl halides is 2. The zero-order chi connectivity index (χ0) is 18.2. The van der Waals surface area contributed by atoms with Gasteiger partial charge >= 0.3 is 6.61 Å². The highest BCUT2D eigenvalue weighted by Crippen LogP contribution is 2.18. The smallest absolute Gasteiger partial charge is 0.387 e. The van der Waals surface area contributed by atoms with Crippen LogP contribution in [0.15, 0.2) is 67.5 Å². The first-order chi connectivity index (χ1) is 12.0. The molecule has 0 spiro atoms. The van der Waals surface area contributed by atoms with Crippen LogP contribution in [0.1, 0.15) is 16.4 Å². The van der Waals surface area contributed by atoms with E-state index in [1.54, 1.807) is 35.2 Å². The van der Waals surface area contributed by atoms with E-state index in [0.29, 0.717) is 17.1 Å². The number of Topliss-reactive ketones (excluding diaryl/α,β-unsaturated/α-hetero) is 1. The van der Waals surface area contributed by atoms with E-state index in [0.717, 1.165) is 0 Å². The van der Waals surface area contributed by atoms with Crippen LogP contribution in [-0.2, 0) is 0 Å². The van der Waals surface area contributed by atoms with Crippen molar-refractivity contribution in [2.45, 2.75) is 12.7 Å². The van der Waals surface area contributed by atoms with Gasteiger partial charge < -0.3 is 10.1 Å². The summed E-state index contributed by atoms with van der Waals surface area (Å²) >= 11 is 5.36. The van der Waals surface area contributed by atoms with E-state index in [9.17, 15) is 13.6 Å². The van der Waals surface area contributed by atoms with E-state index in [4.69, 9.17) is 12.2 Å². The minimum Gasteiger partial charge on any atom is -0.435 e. The van der Waals surface area contributed by atoms with Gasteiger partial charge in [-0.05, 0) is 24.3 Å². The predicted molar refractivity (Wildman–Crippen MR) is 93.9 cm³/mol. The summed E-state index contributed by atoms with van der Waals surface area (Å²) in [6, 6.07) is 10.2. The maximum Gasteiger partial charge on any atom is 0.387 e. The van der Waals surface area contributed by atoms with Gasteiger partial charge in [0, 0.05) is 24.2 Å². The van der Waals surface area contributed by atoms with Crippen molar-refractivity contribution in [2.24, 2.45) is 0 Å². The first kappa shape index (κ1) is 18.7. The number of aromatic nitrogens is 1. The number of benzene rings is 1. The highest BCUT2D eigenvalue weighted by molar-refractivity contribution is 7.80. The lowest BCUT2D eigenvalue weighted by Gasteiger charge is -2.14. The lowest BCUT2D eigenvalue weighted by molar-refractivity contribution is -0.692. The number of hydrogen-bond donors (Lipinski definition) is 1. The van der Waals surface area contributed by atoms with Crippen molar-refractivity contribution < 1.29 is 22.9 Å². The van der Waals surface area contributed by atoms with Crippen LogP contribution in [-0.4, -0.2) is 23.9 Å². The fraction of sp³-hybridized carbons (Fsp3) is 0.167. The van der Waals surface area contributed by atoms with E-state index in [2.05, 4.69) is 16.6 Å². The van der Waals surface area contributed by atoms with E-state index in [-0.39, 0.29) is 11.5 Å². The molecular weight excluding hydrogens is 346 g/mol. The molecule has 0 aliphatic heterocycles. The number of hydrogen-bond acceptors (Lipinski definition) is 3. The molecule has 0 aliphatic carbocycles. The minimum atomic E-state index is -2.91. The number of pyridine rings is 1. The minimum absolute atomic E-state index is 0.0113. The largest absolute Gasteiger partial charge is 0.435 e. The van der Waals surface area contributed by atoms with Gasteiger partial charge in [-0.3, -0.25) is 4.79 Å². The Morgan fingerprint density at radius 1 is 1.24 bits per heavy atom. The second-order valence-electron chi connectivity index (χ2n) is 5.03. The summed E-state index contributed by atoms with van der Waals surface area (Å²) in [5.41, 5.74) is 0.339. The van der Waals surface area contributed by atoms with Gasteiger partial charge in [-0.1, -0.05) is 24.4 Å². The van der Waals surface area contributed by atoms with Crippen LogP contribution < -0.4 is 14.6 Å². The maximum atomic E-state index is 12.9. The molecular formula is C18H17F2N2O2S+. The van der Waals surface area contributed by atoms with Gasteiger partial charge in [0.1, 0.15) is 5.75 Å². The van der Waals surface area contributed by atoms with Gasteiger partial charge in [-0.2, -0.15) is 13.3 Å². The van der Waals surface area contributed by atoms with E-state index >= 15 is 0 Å². The summed E-state index contributed by atoms with van der Waals surface area (Å²) < 4.78 is 30.4. The molecule has 2 aromatic rings. The first-order valence-corrected chi connectivity index (χ1v) is 7.87. The number of thiocarbonyl (C=S) groups is 1. The van der Waals surface area contributed by atoms with Crippen LogP contribution >= 0.6 is 12.2 Å². The van der Waals surface area contributed by atoms with Crippen LogP contribution in [0.3, 0.4) is 0 Å². The topological polar surface area (TPSA) is 42.2 Å². The third kappa shape index (κ3) is 5.15. The summed E-state index contributed by atoms with van der Waals surface area (Å²) in [7, 11) is 0. The van der Waals surface area contributed by atoms with Crippen molar-refractivity contribution >= 4 is 23.0 Å². The molecule has 0 saturated heterocycles. The van der Waals surface area contributed by atoms with Crippen molar-refractivity contribution in [3.8, 4) is 5.75 Å². The van der Waals surface area contributed by atoms with Crippen LogP contribution in [0.25, 0.3) is 0 Å². The van der Waals surface area contributed by atoms with Crippen molar-refractivity contribution in [3.05, 3.63) is 73.1 Å². The van der Waals surface area contributed by atoms with Gasteiger partial charge in [0.25, 0.3) is 6.04 Å². The summed E-state index contributed by atoms with van der Waals surface area (Å²) in [6.07, 6.45) is 5.11. The highest BCUT2D eigenvalue weighted by Gasteiger charge is 2.32. The SMILES string of the molecule is C=CCNC(=S)C(C(=O)c1ccc(OC(F)F)cc1)[n+]1ccccc1. The second-order valence-corrected chi connectivity index (χ2v) is 5.47. The van der Waals surface area contributed by atoms with E-state index in [1.165, 1.54) is 24.3 Å². The molecule has 1 aromatic carbocycles. The van der Waals surface area contributed by atoms with E-state index in [1.807, 2.05) is 6.07 Å². The molecule has 1 unspecified atom stereocenters. The molecule has 0 fully saturated rings. The van der Waals surface area contributed by atoms with Gasteiger partial charge in [-0.15, -0.1) is 6.58 Å². The molecule has 0 aliphatic rings. The van der Waals surface area contributed by atoms with Crippen LogP contribution in [0.5, 0.6) is 5.75 Å². The van der Waals surface area contributed by atoms with Crippen molar-refractivity contribution in [3.63, 3.8) is 0 Å². The Morgan fingerprint density at radius 3 is 2.44 bits per heavy atom. The van der Waals surface area contributed by atoms with Crippen molar-refractivity contribution in [2.75, 3.05) is 6.54 Å². The summed E-state index contributed by atoms with van der Waals surface area (Å²) in [5.74, 6) is -0.274. The van der Waals surface area contributed by atoms with E-state index < -0.39 is 12.7 Å². The summed E-state index contributed by atoms with van der Waals surface area (Å²) in [4.78, 5) is 13.3. The molecule has 0 radical (unpaired) electrons. The lowest BCUT2D eigenvalue weighted by atomic mass is 10.0. The fourth-order valence-corrected chi connectivity index (χ4v) is 2.51. The Balaban J connectivity index is 2.28. The summed E-state index contributed by atoms with van der Waals surface area (Å²) in [6.45, 7) is 1.13. The zero-order valence-corrected chi connectivity index (χ0v) is 14.1. The molecule has 4 nitrogen and oxygen atoms in total. The Morgan fingerprint density at radius 2 is 1.88 bits per heavy atom. The van der Waals surface area contributed by atoms with Gasteiger partial charge in [-0.25, -0.2) is 0 Å². The molecule has 1 N–H and O–H groups in total. The number of halogens is 2. The maximum absolute atomic E-state index is 12.9. The van der Waals surface area contributed by atoms with Gasteiger partial charge in [0.05, 0.1) is 0 Å². The Hall–Kier alpha value is -2.67. The average molecular weight is 363 g/mol. The molecule has 130 valence electrons. The van der Waals surface area contributed by atoms with Crippen molar-refractivity contribution in [1.82, 2.24) is 5.32 Å². The predicted octanol–water partition coefficient (Wildman–Crippen LogP) is 3.10. The van der Waals surface area contributed by atoms with Crippen molar-refractivity contribution in [1.29, 1.82) is 0 Å². The number of carbonyl (C=O) groups is 1. The summed E-state index contributed by atoms with van der Waals surface area (Å²) in [5, 5.41) is 2.97. The van der Waals surface area contributed by atoms with Crippen LogP contribution in [0, 0.1) is 0 Å². The fourth-order valence-electron chi connectivity index (χ4n) is 2.20. The standard InChI is InChI=1S/C18H16F2N2O2S/c1-2-10-21-17(25)15(22-11-4-3-5-12-22)16(23)13-6-8-14(9-7-13)24-18(19)20/h2-9,11-12,15,18H,1,10H2/p+1. The quantitative estimate of drug-likeness (QED) is 0.339. The third-order valence-electron chi connectivity index (χ3n) is 3.32. The number of rotatable bonds is 8. The monoisotopic (exact) mass is 363 g/mol. The molecule has 1 heterocycles. The highest BCUT2D eigenvalue weighted by atomic mass is 32.1. The number of nitrogens with zero attached hydrogens (tertiary/aromatic N) is 1. The van der Waals surface area contributed by atoms with Gasteiger partial charge in [0.15, 0.2) is 17.4 Å². The Bertz CT molecular complexity index is 737. The number of ether oxygens (including phenoxy) is 1. The molecule has 0 amide bonds. The zero-order valence-electron chi connectivity index (χ0n) is 13.3. The molecule has 25 heavy (non-hydrogen) atoms. The third-order valence-corrected chi connectivity index (χ3v) is 3.69. The molecule has 1 atom stereocenters. The first-order valence-electron chi connectivity index (χ1n) is 7.46. The Kier molecular flexibility index (Phi) is 6.71. The normalized spacial score (nSPS) is 11.6. The number of ketones is 1. The molecule has 1 aromatic heterocycles. The Labute approximate surface area is 149 Å². The molecule has 0 bridgehead atoms.